The highest BCUT2D eigenvalue weighted by Crippen LogP contribution is 2.17. The van der Waals surface area contributed by atoms with Gasteiger partial charge in [-0.25, -0.2) is 0 Å². The molecule has 0 aromatic carbocycles. The summed E-state index contributed by atoms with van der Waals surface area (Å²) in [6.45, 7) is 1.01. The van der Waals surface area contributed by atoms with Crippen LogP contribution in [0.4, 0.5) is 0 Å². The van der Waals surface area contributed by atoms with E-state index in [1.165, 1.54) is 29.9 Å². The van der Waals surface area contributed by atoms with Gasteiger partial charge >= 0.3 is 0 Å². The van der Waals surface area contributed by atoms with Crippen LogP contribution in [0.25, 0.3) is 0 Å². The molecule has 2 rings (SSSR count). The molecule has 1 aromatic heterocycles. The first-order valence-electron chi connectivity index (χ1n) is 4.88. The van der Waals surface area contributed by atoms with Crippen molar-refractivity contribution in [1.29, 1.82) is 0 Å². The van der Waals surface area contributed by atoms with Crippen molar-refractivity contribution < 1.29 is 0 Å². The van der Waals surface area contributed by atoms with E-state index < -0.39 is 0 Å². The number of nitrogens with one attached hydrogen (secondary N) is 2. The van der Waals surface area contributed by atoms with Crippen LogP contribution in [0.3, 0.4) is 0 Å². The van der Waals surface area contributed by atoms with Gasteiger partial charge in [-0.1, -0.05) is 0 Å². The molecule has 2 nitrogen and oxygen atoms in total. The van der Waals surface area contributed by atoms with E-state index in [1.54, 1.807) is 0 Å². The van der Waals surface area contributed by atoms with Gasteiger partial charge in [0.2, 0.25) is 0 Å². The van der Waals surface area contributed by atoms with Crippen molar-refractivity contribution in [2.45, 2.75) is 25.4 Å². The lowest BCUT2D eigenvalue weighted by atomic mass is 10.1. The molecule has 0 amide bonds. The molecule has 0 saturated carbocycles. The Morgan fingerprint density at radius 3 is 3.00 bits per heavy atom. The zero-order chi connectivity index (χ0) is 8.93. The summed E-state index contributed by atoms with van der Waals surface area (Å²) in [7, 11) is 0. The normalized spacial score (nSPS) is 19.1. The quantitative estimate of drug-likeness (QED) is 0.774. The second-order valence-electron chi connectivity index (χ2n) is 3.49. The molecule has 3 heteroatoms. The zero-order valence-electron chi connectivity index (χ0n) is 7.75. The minimum atomic E-state index is 0.746. The SMILES string of the molecule is c1cc(CNC2CCSCC2)c[nH]1. The van der Waals surface area contributed by atoms with Gasteiger partial charge in [-0.15, -0.1) is 0 Å². The topological polar surface area (TPSA) is 27.8 Å². The third-order valence-electron chi connectivity index (χ3n) is 2.48. The van der Waals surface area contributed by atoms with Gasteiger partial charge in [0.15, 0.2) is 0 Å². The van der Waals surface area contributed by atoms with Gasteiger partial charge in [0.1, 0.15) is 0 Å². The number of H-pyrrole nitrogens is 1. The van der Waals surface area contributed by atoms with Crippen LogP contribution in [-0.2, 0) is 6.54 Å². The summed E-state index contributed by atoms with van der Waals surface area (Å²) in [5.74, 6) is 2.65. The molecule has 0 atom stereocenters. The Bertz CT molecular complexity index is 227. The zero-order valence-corrected chi connectivity index (χ0v) is 8.57. The molecule has 1 aliphatic rings. The monoisotopic (exact) mass is 196 g/mol. The van der Waals surface area contributed by atoms with E-state index in [1.807, 2.05) is 6.20 Å². The summed E-state index contributed by atoms with van der Waals surface area (Å²) in [5.41, 5.74) is 1.36. The second-order valence-corrected chi connectivity index (χ2v) is 4.71. The molecule has 1 aliphatic heterocycles. The highest BCUT2D eigenvalue weighted by molar-refractivity contribution is 7.99. The lowest BCUT2D eigenvalue weighted by molar-refractivity contribution is 0.482. The number of rotatable bonds is 3. The number of hydrogen-bond acceptors (Lipinski definition) is 2. The predicted molar refractivity (Wildman–Crippen MR) is 58.0 cm³/mol. The van der Waals surface area contributed by atoms with Crippen LogP contribution in [0, 0.1) is 0 Å². The maximum atomic E-state index is 3.59. The summed E-state index contributed by atoms with van der Waals surface area (Å²) < 4.78 is 0. The van der Waals surface area contributed by atoms with E-state index in [0.29, 0.717) is 0 Å². The van der Waals surface area contributed by atoms with Gasteiger partial charge in [-0.2, -0.15) is 11.8 Å². The van der Waals surface area contributed by atoms with Crippen LogP contribution in [0.5, 0.6) is 0 Å². The Morgan fingerprint density at radius 2 is 2.31 bits per heavy atom. The smallest absolute Gasteiger partial charge is 0.0223 e. The van der Waals surface area contributed by atoms with Crippen LogP contribution in [0.1, 0.15) is 18.4 Å². The molecule has 1 saturated heterocycles. The molecular formula is C10H16N2S. The average molecular weight is 196 g/mol. The van der Waals surface area contributed by atoms with Crippen LogP contribution in [-0.4, -0.2) is 22.5 Å². The summed E-state index contributed by atoms with van der Waals surface area (Å²) in [6, 6.07) is 2.88. The van der Waals surface area contributed by atoms with Gasteiger partial charge in [0, 0.05) is 25.0 Å². The lowest BCUT2D eigenvalue weighted by Crippen LogP contribution is -2.31. The Labute approximate surface area is 83.5 Å². The largest absolute Gasteiger partial charge is 0.367 e. The van der Waals surface area contributed by atoms with Crippen LogP contribution in [0.15, 0.2) is 18.5 Å². The first-order chi connectivity index (χ1) is 6.45. The van der Waals surface area contributed by atoms with Gasteiger partial charge in [0.25, 0.3) is 0 Å². The number of thioether (sulfide) groups is 1. The molecule has 0 radical (unpaired) electrons. The summed E-state index contributed by atoms with van der Waals surface area (Å²) in [5, 5.41) is 3.59. The molecule has 72 valence electrons. The summed E-state index contributed by atoms with van der Waals surface area (Å²) in [6.07, 6.45) is 6.70. The molecule has 0 aliphatic carbocycles. The molecule has 0 bridgehead atoms. The average Bonchev–Trinajstić information content (AvgIpc) is 2.69. The van der Waals surface area contributed by atoms with Crippen molar-refractivity contribution in [1.82, 2.24) is 10.3 Å². The Balaban J connectivity index is 1.72. The third-order valence-corrected chi connectivity index (χ3v) is 3.53. The molecule has 1 fully saturated rings. The predicted octanol–water partition coefficient (Wildman–Crippen LogP) is 2.00. The molecular weight excluding hydrogens is 180 g/mol. The van der Waals surface area contributed by atoms with Crippen molar-refractivity contribution in [2.75, 3.05) is 11.5 Å². The van der Waals surface area contributed by atoms with E-state index >= 15 is 0 Å². The first-order valence-corrected chi connectivity index (χ1v) is 6.03. The highest BCUT2D eigenvalue weighted by Gasteiger charge is 2.12. The van der Waals surface area contributed by atoms with E-state index in [2.05, 4.69) is 34.3 Å². The van der Waals surface area contributed by atoms with Crippen molar-refractivity contribution in [3.63, 3.8) is 0 Å². The van der Waals surface area contributed by atoms with E-state index in [0.717, 1.165) is 12.6 Å². The maximum Gasteiger partial charge on any atom is 0.0223 e. The van der Waals surface area contributed by atoms with Crippen LogP contribution in [0.2, 0.25) is 0 Å². The Morgan fingerprint density at radius 1 is 1.46 bits per heavy atom. The van der Waals surface area contributed by atoms with E-state index in [-0.39, 0.29) is 0 Å². The van der Waals surface area contributed by atoms with Crippen molar-refractivity contribution >= 4 is 11.8 Å². The van der Waals surface area contributed by atoms with Gasteiger partial charge in [0.05, 0.1) is 0 Å². The van der Waals surface area contributed by atoms with E-state index in [9.17, 15) is 0 Å². The standard InChI is InChI=1S/C10H16N2S/c1-4-11-7-9(1)8-12-10-2-5-13-6-3-10/h1,4,7,10-12H,2-3,5-6,8H2. The number of hydrogen-bond donors (Lipinski definition) is 2. The fourth-order valence-corrected chi connectivity index (χ4v) is 2.74. The highest BCUT2D eigenvalue weighted by atomic mass is 32.2. The Kier molecular flexibility index (Phi) is 3.33. The van der Waals surface area contributed by atoms with Crippen molar-refractivity contribution in [3.8, 4) is 0 Å². The minimum Gasteiger partial charge on any atom is -0.367 e. The fourth-order valence-electron chi connectivity index (χ4n) is 1.63. The van der Waals surface area contributed by atoms with Gasteiger partial charge in [-0.3, -0.25) is 0 Å². The molecule has 0 unspecified atom stereocenters. The summed E-state index contributed by atoms with van der Waals surface area (Å²) >= 11 is 2.08. The van der Waals surface area contributed by atoms with Crippen LogP contribution < -0.4 is 5.32 Å². The minimum absolute atomic E-state index is 0.746. The Hall–Kier alpha value is -0.410. The third kappa shape index (κ3) is 2.78. The maximum absolute atomic E-state index is 3.59. The van der Waals surface area contributed by atoms with Crippen LogP contribution >= 0.6 is 11.8 Å². The molecule has 0 spiro atoms. The number of aromatic amines is 1. The molecule has 13 heavy (non-hydrogen) atoms. The first kappa shape index (κ1) is 9.16. The second kappa shape index (κ2) is 4.72. The van der Waals surface area contributed by atoms with Crippen molar-refractivity contribution in [2.24, 2.45) is 0 Å². The van der Waals surface area contributed by atoms with Crippen molar-refractivity contribution in [3.05, 3.63) is 24.0 Å². The van der Waals surface area contributed by atoms with Gasteiger partial charge in [-0.05, 0) is 36.0 Å². The fraction of sp³-hybridized carbons (Fsp3) is 0.600. The lowest BCUT2D eigenvalue weighted by Gasteiger charge is -2.22. The summed E-state index contributed by atoms with van der Waals surface area (Å²) in [4.78, 5) is 3.07. The molecule has 1 aromatic rings. The van der Waals surface area contributed by atoms with E-state index in [4.69, 9.17) is 0 Å². The molecule has 2 heterocycles. The number of aromatic nitrogens is 1. The molecule has 2 N–H and O–H groups in total. The van der Waals surface area contributed by atoms with Gasteiger partial charge < -0.3 is 10.3 Å².